The van der Waals surface area contributed by atoms with E-state index in [0.29, 0.717) is 5.56 Å². The van der Waals surface area contributed by atoms with Crippen LogP contribution in [-0.4, -0.2) is 15.6 Å². The second kappa shape index (κ2) is 4.49. The summed E-state index contributed by atoms with van der Waals surface area (Å²) >= 11 is 0. The van der Waals surface area contributed by atoms with Gasteiger partial charge in [-0.15, -0.1) is 0 Å². The van der Waals surface area contributed by atoms with Crippen LogP contribution in [0, 0.1) is 5.41 Å². The van der Waals surface area contributed by atoms with Crippen molar-refractivity contribution in [2.45, 2.75) is 26.9 Å². The Labute approximate surface area is 93.5 Å². The highest BCUT2D eigenvalue weighted by Crippen LogP contribution is 2.17. The number of aliphatic carboxylic acids is 1. The fourth-order valence-corrected chi connectivity index (χ4v) is 1.36. The van der Waals surface area contributed by atoms with Crippen molar-refractivity contribution in [3.63, 3.8) is 0 Å². The molecule has 5 heteroatoms. The van der Waals surface area contributed by atoms with Gasteiger partial charge in [0.25, 0.3) is 5.56 Å². The van der Waals surface area contributed by atoms with Crippen molar-refractivity contribution in [1.29, 1.82) is 0 Å². The van der Waals surface area contributed by atoms with Gasteiger partial charge in [0.05, 0.1) is 5.41 Å². The minimum absolute atomic E-state index is 0.134. The molecule has 0 saturated carbocycles. The standard InChI is InChI=1S/C11H16N2O3/c1-11(2,10(15)16)7-13-5-3-4-8(6-12)9(13)14/h3-5H,6-7,12H2,1-2H3,(H,15,16). The van der Waals surface area contributed by atoms with Gasteiger partial charge in [0.2, 0.25) is 0 Å². The number of nitrogens with zero attached hydrogens (tertiary/aromatic N) is 1. The van der Waals surface area contributed by atoms with Crippen LogP contribution in [0.4, 0.5) is 0 Å². The monoisotopic (exact) mass is 224 g/mol. The Morgan fingerprint density at radius 1 is 1.56 bits per heavy atom. The molecule has 0 atom stereocenters. The molecule has 1 rings (SSSR count). The first-order valence-corrected chi connectivity index (χ1v) is 5.00. The highest BCUT2D eigenvalue weighted by atomic mass is 16.4. The lowest BCUT2D eigenvalue weighted by atomic mass is 9.94. The van der Waals surface area contributed by atoms with Crippen molar-refractivity contribution in [3.05, 3.63) is 34.2 Å². The summed E-state index contributed by atoms with van der Waals surface area (Å²) in [7, 11) is 0. The Morgan fingerprint density at radius 3 is 2.69 bits per heavy atom. The van der Waals surface area contributed by atoms with E-state index in [1.54, 1.807) is 32.2 Å². The minimum atomic E-state index is -0.975. The van der Waals surface area contributed by atoms with Gasteiger partial charge in [-0.05, 0) is 19.9 Å². The number of carboxylic acid groups (broad SMARTS) is 1. The molecule has 0 aliphatic heterocycles. The zero-order valence-corrected chi connectivity index (χ0v) is 9.43. The molecule has 16 heavy (non-hydrogen) atoms. The van der Waals surface area contributed by atoms with Crippen LogP contribution in [0.2, 0.25) is 0 Å². The van der Waals surface area contributed by atoms with E-state index in [9.17, 15) is 9.59 Å². The van der Waals surface area contributed by atoms with E-state index in [0.717, 1.165) is 0 Å². The topological polar surface area (TPSA) is 85.3 Å². The molecule has 1 aromatic rings. The summed E-state index contributed by atoms with van der Waals surface area (Å²) in [6.45, 7) is 3.45. The van der Waals surface area contributed by atoms with Crippen molar-refractivity contribution in [3.8, 4) is 0 Å². The summed E-state index contributed by atoms with van der Waals surface area (Å²) in [5, 5.41) is 8.98. The van der Waals surface area contributed by atoms with E-state index in [4.69, 9.17) is 10.8 Å². The number of hydrogen-bond donors (Lipinski definition) is 2. The molecule has 5 nitrogen and oxygen atoms in total. The van der Waals surface area contributed by atoms with Crippen LogP contribution in [0.3, 0.4) is 0 Å². The average molecular weight is 224 g/mol. The maximum atomic E-state index is 11.8. The summed E-state index contributed by atoms with van der Waals surface area (Å²) < 4.78 is 1.39. The molecular weight excluding hydrogens is 208 g/mol. The van der Waals surface area contributed by atoms with Crippen molar-refractivity contribution >= 4 is 5.97 Å². The Morgan fingerprint density at radius 2 is 2.19 bits per heavy atom. The van der Waals surface area contributed by atoms with Crippen LogP contribution in [0.5, 0.6) is 0 Å². The molecule has 0 amide bonds. The zero-order valence-electron chi connectivity index (χ0n) is 9.43. The molecule has 0 bridgehead atoms. The lowest BCUT2D eigenvalue weighted by Crippen LogP contribution is -2.35. The molecule has 88 valence electrons. The number of carboxylic acids is 1. The van der Waals surface area contributed by atoms with Crippen molar-refractivity contribution in [2.24, 2.45) is 11.1 Å². The molecule has 1 heterocycles. The molecule has 0 radical (unpaired) electrons. The van der Waals surface area contributed by atoms with Gasteiger partial charge >= 0.3 is 5.97 Å². The quantitative estimate of drug-likeness (QED) is 0.776. The van der Waals surface area contributed by atoms with Gasteiger partial charge in [-0.25, -0.2) is 0 Å². The summed E-state index contributed by atoms with van der Waals surface area (Å²) in [5.74, 6) is -0.933. The Balaban J connectivity index is 3.08. The van der Waals surface area contributed by atoms with E-state index < -0.39 is 11.4 Å². The Hall–Kier alpha value is -1.62. The summed E-state index contributed by atoms with van der Waals surface area (Å²) in [4.78, 5) is 22.7. The number of hydrogen-bond acceptors (Lipinski definition) is 3. The summed E-state index contributed by atoms with van der Waals surface area (Å²) in [5.41, 5.74) is 4.70. The maximum Gasteiger partial charge on any atom is 0.310 e. The van der Waals surface area contributed by atoms with Crippen LogP contribution < -0.4 is 11.3 Å². The van der Waals surface area contributed by atoms with Gasteiger partial charge < -0.3 is 15.4 Å². The third kappa shape index (κ3) is 2.49. The van der Waals surface area contributed by atoms with Crippen molar-refractivity contribution in [1.82, 2.24) is 4.57 Å². The number of pyridine rings is 1. The van der Waals surface area contributed by atoms with E-state index in [1.165, 1.54) is 4.57 Å². The molecule has 0 aromatic carbocycles. The van der Waals surface area contributed by atoms with Gasteiger partial charge in [-0.1, -0.05) is 6.07 Å². The number of nitrogens with two attached hydrogens (primary N) is 1. The number of aromatic nitrogens is 1. The zero-order chi connectivity index (χ0) is 12.3. The molecule has 0 aliphatic rings. The third-order valence-electron chi connectivity index (χ3n) is 2.46. The van der Waals surface area contributed by atoms with Gasteiger partial charge in [-0.2, -0.15) is 0 Å². The molecule has 0 saturated heterocycles. The Kier molecular flexibility index (Phi) is 3.49. The largest absolute Gasteiger partial charge is 0.481 e. The predicted octanol–water partition coefficient (Wildman–Crippen LogP) is 0.418. The normalized spacial score (nSPS) is 11.4. The van der Waals surface area contributed by atoms with Gasteiger partial charge in [0.1, 0.15) is 0 Å². The van der Waals surface area contributed by atoms with E-state index in [2.05, 4.69) is 0 Å². The summed E-state index contributed by atoms with van der Waals surface area (Å²) in [6, 6.07) is 3.34. The maximum absolute atomic E-state index is 11.8. The second-order valence-corrected chi connectivity index (χ2v) is 4.36. The molecular formula is C11H16N2O3. The molecule has 0 aliphatic carbocycles. The number of rotatable bonds is 4. The highest BCUT2D eigenvalue weighted by molar-refractivity contribution is 5.73. The third-order valence-corrected chi connectivity index (χ3v) is 2.46. The van der Waals surface area contributed by atoms with Gasteiger partial charge in [0.15, 0.2) is 0 Å². The van der Waals surface area contributed by atoms with Crippen LogP contribution in [0.15, 0.2) is 23.1 Å². The number of carbonyl (C=O) groups is 1. The predicted molar refractivity (Wildman–Crippen MR) is 60.0 cm³/mol. The highest BCUT2D eigenvalue weighted by Gasteiger charge is 2.28. The lowest BCUT2D eigenvalue weighted by Gasteiger charge is -2.20. The second-order valence-electron chi connectivity index (χ2n) is 4.36. The molecule has 1 aromatic heterocycles. The molecule has 0 unspecified atom stereocenters. The smallest absolute Gasteiger partial charge is 0.310 e. The van der Waals surface area contributed by atoms with E-state index >= 15 is 0 Å². The van der Waals surface area contributed by atoms with E-state index in [1.807, 2.05) is 0 Å². The SMILES string of the molecule is CC(C)(Cn1cccc(CN)c1=O)C(=O)O. The molecule has 0 spiro atoms. The first-order chi connectivity index (χ1) is 7.38. The first-order valence-electron chi connectivity index (χ1n) is 5.00. The van der Waals surface area contributed by atoms with Crippen molar-refractivity contribution in [2.75, 3.05) is 0 Å². The van der Waals surface area contributed by atoms with Crippen LogP contribution in [0.1, 0.15) is 19.4 Å². The molecule has 3 N–H and O–H groups in total. The summed E-state index contributed by atoms with van der Waals surface area (Å²) in [6.07, 6.45) is 1.58. The van der Waals surface area contributed by atoms with Gasteiger partial charge in [0, 0.05) is 24.8 Å². The Bertz CT molecular complexity index is 449. The van der Waals surface area contributed by atoms with Gasteiger partial charge in [-0.3, -0.25) is 9.59 Å². The lowest BCUT2D eigenvalue weighted by molar-refractivity contribution is -0.147. The fraction of sp³-hybridized carbons (Fsp3) is 0.455. The fourth-order valence-electron chi connectivity index (χ4n) is 1.36. The average Bonchev–Trinajstić information content (AvgIpc) is 2.20. The van der Waals surface area contributed by atoms with Crippen LogP contribution in [-0.2, 0) is 17.9 Å². The van der Waals surface area contributed by atoms with Crippen LogP contribution >= 0.6 is 0 Å². The molecule has 0 fully saturated rings. The van der Waals surface area contributed by atoms with Crippen molar-refractivity contribution < 1.29 is 9.90 Å². The van der Waals surface area contributed by atoms with E-state index in [-0.39, 0.29) is 18.6 Å². The minimum Gasteiger partial charge on any atom is -0.481 e. The first kappa shape index (κ1) is 12.4. The van der Waals surface area contributed by atoms with Crippen LogP contribution in [0.25, 0.3) is 0 Å².